The summed E-state index contributed by atoms with van der Waals surface area (Å²) in [5.74, 6) is 0.127. The molecule has 0 atom stereocenters. The summed E-state index contributed by atoms with van der Waals surface area (Å²) in [7, 11) is -3.54. The zero-order valence-corrected chi connectivity index (χ0v) is 16.0. The Hall–Kier alpha value is -2.38. The van der Waals surface area contributed by atoms with Crippen molar-refractivity contribution in [2.45, 2.75) is 20.4 Å². The number of amides is 1. The van der Waals surface area contributed by atoms with Crippen molar-refractivity contribution in [3.8, 4) is 5.75 Å². The minimum absolute atomic E-state index is 0.139. The zero-order valence-electron chi connectivity index (χ0n) is 15.2. The highest BCUT2D eigenvalue weighted by Gasteiger charge is 2.21. The summed E-state index contributed by atoms with van der Waals surface area (Å²) < 4.78 is 30.8. The highest BCUT2D eigenvalue weighted by atomic mass is 32.2. The minimum atomic E-state index is -3.54. The summed E-state index contributed by atoms with van der Waals surface area (Å²) in [6.07, 6.45) is 1.10. The van der Waals surface area contributed by atoms with Crippen molar-refractivity contribution < 1.29 is 17.9 Å². The number of benzene rings is 2. The highest BCUT2D eigenvalue weighted by Crippen LogP contribution is 2.23. The number of aryl methyl sites for hydroxylation is 1. The van der Waals surface area contributed by atoms with Crippen molar-refractivity contribution >= 4 is 21.6 Å². The third-order valence-electron chi connectivity index (χ3n) is 3.73. The topological polar surface area (TPSA) is 75.7 Å². The van der Waals surface area contributed by atoms with E-state index in [0.717, 1.165) is 21.7 Å². The summed E-state index contributed by atoms with van der Waals surface area (Å²) in [4.78, 5) is 12.4. The Morgan fingerprint density at radius 3 is 2.38 bits per heavy atom. The van der Waals surface area contributed by atoms with Crippen LogP contribution in [0, 0.1) is 6.92 Å². The van der Waals surface area contributed by atoms with E-state index in [0.29, 0.717) is 18.0 Å². The maximum absolute atomic E-state index is 12.4. The molecule has 0 heterocycles. The van der Waals surface area contributed by atoms with Crippen LogP contribution < -0.4 is 10.1 Å². The predicted molar refractivity (Wildman–Crippen MR) is 103 cm³/mol. The van der Waals surface area contributed by atoms with E-state index < -0.39 is 15.9 Å². The summed E-state index contributed by atoms with van der Waals surface area (Å²) in [5.41, 5.74) is 2.43. The number of rotatable bonds is 8. The molecule has 2 aromatic carbocycles. The molecule has 2 rings (SSSR count). The molecule has 7 heteroatoms. The fourth-order valence-electron chi connectivity index (χ4n) is 2.39. The van der Waals surface area contributed by atoms with Gasteiger partial charge in [-0.1, -0.05) is 42.0 Å². The second-order valence-corrected chi connectivity index (χ2v) is 7.98. The fraction of sp³-hybridized carbons (Fsp3) is 0.316. The Morgan fingerprint density at radius 2 is 1.77 bits per heavy atom. The van der Waals surface area contributed by atoms with Crippen LogP contribution >= 0.6 is 0 Å². The lowest BCUT2D eigenvalue weighted by atomic mass is 10.1. The fourth-order valence-corrected chi connectivity index (χ4v) is 3.12. The van der Waals surface area contributed by atoms with E-state index >= 15 is 0 Å². The maximum atomic E-state index is 12.4. The van der Waals surface area contributed by atoms with Crippen molar-refractivity contribution in [3.05, 3.63) is 59.7 Å². The van der Waals surface area contributed by atoms with E-state index in [-0.39, 0.29) is 13.1 Å². The zero-order chi connectivity index (χ0) is 19.2. The number of hydrogen-bond acceptors (Lipinski definition) is 4. The third-order valence-corrected chi connectivity index (χ3v) is 4.93. The number of anilines is 1. The van der Waals surface area contributed by atoms with Crippen molar-refractivity contribution in [2.75, 3.05) is 24.7 Å². The Labute approximate surface area is 154 Å². The monoisotopic (exact) mass is 376 g/mol. The maximum Gasteiger partial charge on any atom is 0.239 e. The van der Waals surface area contributed by atoms with Crippen LogP contribution in [0.25, 0.3) is 0 Å². The number of para-hydroxylation sites is 2. The molecule has 0 unspecified atom stereocenters. The number of ether oxygens (including phenoxy) is 1. The lowest BCUT2D eigenvalue weighted by Crippen LogP contribution is -2.36. The van der Waals surface area contributed by atoms with E-state index in [2.05, 4.69) is 5.32 Å². The molecule has 1 N–H and O–H groups in total. The van der Waals surface area contributed by atoms with E-state index in [1.807, 2.05) is 38.1 Å². The van der Waals surface area contributed by atoms with Gasteiger partial charge in [0.2, 0.25) is 15.9 Å². The average molecular weight is 376 g/mol. The quantitative estimate of drug-likeness (QED) is 0.769. The van der Waals surface area contributed by atoms with Crippen LogP contribution in [0.15, 0.2) is 48.5 Å². The first-order valence-corrected chi connectivity index (χ1v) is 10.2. The Morgan fingerprint density at radius 1 is 1.12 bits per heavy atom. The number of carbonyl (C=O) groups is 1. The molecule has 0 saturated carbocycles. The second-order valence-electron chi connectivity index (χ2n) is 5.99. The van der Waals surface area contributed by atoms with E-state index in [1.54, 1.807) is 24.3 Å². The van der Waals surface area contributed by atoms with Crippen LogP contribution in [0.4, 0.5) is 5.69 Å². The van der Waals surface area contributed by atoms with Gasteiger partial charge in [-0.25, -0.2) is 8.42 Å². The van der Waals surface area contributed by atoms with Crippen molar-refractivity contribution in [2.24, 2.45) is 0 Å². The van der Waals surface area contributed by atoms with E-state index in [4.69, 9.17) is 4.74 Å². The number of hydrogen-bond donors (Lipinski definition) is 1. The molecule has 0 bridgehead atoms. The van der Waals surface area contributed by atoms with Gasteiger partial charge >= 0.3 is 0 Å². The first kappa shape index (κ1) is 19.9. The molecular formula is C19H24N2O4S. The molecule has 2 aromatic rings. The molecule has 0 aromatic heterocycles. The van der Waals surface area contributed by atoms with Crippen LogP contribution in [0.5, 0.6) is 5.75 Å². The number of carbonyl (C=O) groups excluding carboxylic acids is 1. The van der Waals surface area contributed by atoms with Gasteiger partial charge in [0, 0.05) is 6.54 Å². The van der Waals surface area contributed by atoms with Gasteiger partial charge in [0.05, 0.1) is 25.1 Å². The van der Waals surface area contributed by atoms with E-state index in [9.17, 15) is 13.2 Å². The van der Waals surface area contributed by atoms with Crippen LogP contribution in [0.1, 0.15) is 18.1 Å². The van der Waals surface area contributed by atoms with Crippen LogP contribution in [-0.4, -0.2) is 38.0 Å². The van der Waals surface area contributed by atoms with Gasteiger partial charge in [-0.15, -0.1) is 0 Å². The largest absolute Gasteiger partial charge is 0.492 e. The number of nitrogens with zero attached hydrogens (tertiary/aromatic N) is 1. The first-order chi connectivity index (χ1) is 12.3. The smallest absolute Gasteiger partial charge is 0.239 e. The average Bonchev–Trinajstić information content (AvgIpc) is 2.57. The summed E-state index contributed by atoms with van der Waals surface area (Å²) in [6.45, 7) is 4.15. The lowest BCUT2D eigenvalue weighted by Gasteiger charge is -2.20. The summed E-state index contributed by atoms with van der Waals surface area (Å²) in [6, 6.07) is 14.6. The van der Waals surface area contributed by atoms with Crippen molar-refractivity contribution in [3.63, 3.8) is 0 Å². The molecule has 1 amide bonds. The molecule has 0 aliphatic heterocycles. The van der Waals surface area contributed by atoms with Gasteiger partial charge in [-0.2, -0.15) is 4.31 Å². The van der Waals surface area contributed by atoms with Gasteiger partial charge < -0.3 is 10.1 Å². The first-order valence-electron chi connectivity index (χ1n) is 8.32. The molecule has 140 valence electrons. The molecule has 0 aliphatic rings. The normalized spacial score (nSPS) is 11.4. The van der Waals surface area contributed by atoms with Crippen molar-refractivity contribution in [1.29, 1.82) is 0 Å². The second kappa shape index (κ2) is 8.82. The summed E-state index contributed by atoms with van der Waals surface area (Å²) >= 11 is 0. The SMILES string of the molecule is CCOc1ccccc1NC(=O)CN(Cc1ccc(C)cc1)S(C)(=O)=O. The summed E-state index contributed by atoms with van der Waals surface area (Å²) in [5, 5.41) is 2.72. The highest BCUT2D eigenvalue weighted by molar-refractivity contribution is 7.88. The van der Waals surface area contributed by atoms with Crippen LogP contribution in [0.2, 0.25) is 0 Å². The Bertz CT molecular complexity index is 848. The van der Waals surface area contributed by atoms with Crippen molar-refractivity contribution in [1.82, 2.24) is 4.31 Å². The molecule has 0 saturated heterocycles. The minimum Gasteiger partial charge on any atom is -0.492 e. The molecule has 0 fully saturated rings. The van der Waals surface area contributed by atoms with E-state index in [1.165, 1.54) is 0 Å². The Balaban J connectivity index is 2.11. The third kappa shape index (κ3) is 5.86. The molecule has 0 aliphatic carbocycles. The molecule has 6 nitrogen and oxygen atoms in total. The Kier molecular flexibility index (Phi) is 6.76. The lowest BCUT2D eigenvalue weighted by molar-refractivity contribution is -0.116. The molecule has 0 radical (unpaired) electrons. The van der Waals surface area contributed by atoms with Gasteiger partial charge in [0.25, 0.3) is 0 Å². The standard InChI is InChI=1S/C19H24N2O4S/c1-4-25-18-8-6-5-7-17(18)20-19(22)14-21(26(3,23)24)13-16-11-9-15(2)10-12-16/h5-12H,4,13-14H2,1-3H3,(H,20,22). The molecule has 0 spiro atoms. The predicted octanol–water partition coefficient (Wildman–Crippen LogP) is 2.79. The van der Waals surface area contributed by atoms with Gasteiger partial charge in [-0.3, -0.25) is 4.79 Å². The van der Waals surface area contributed by atoms with Crippen LogP contribution in [0.3, 0.4) is 0 Å². The van der Waals surface area contributed by atoms with Crippen LogP contribution in [-0.2, 0) is 21.4 Å². The van der Waals surface area contributed by atoms with Gasteiger partial charge in [0.1, 0.15) is 5.75 Å². The van der Waals surface area contributed by atoms with Gasteiger partial charge in [0.15, 0.2) is 0 Å². The molecular weight excluding hydrogens is 352 g/mol. The molecule has 26 heavy (non-hydrogen) atoms. The number of sulfonamides is 1. The number of nitrogens with one attached hydrogen (secondary N) is 1. The van der Waals surface area contributed by atoms with Gasteiger partial charge in [-0.05, 0) is 31.5 Å².